The number of Topliss-reactive ketones (excluding diaryl/α,β-unsaturated/α-hetero) is 1. The summed E-state index contributed by atoms with van der Waals surface area (Å²) in [4.78, 5) is 23.7. The van der Waals surface area contributed by atoms with Gasteiger partial charge in [-0.25, -0.2) is 9.97 Å². The van der Waals surface area contributed by atoms with E-state index in [4.69, 9.17) is 4.52 Å². The Morgan fingerprint density at radius 3 is 2.72 bits per heavy atom. The molecule has 18 heavy (non-hydrogen) atoms. The number of aromatic nitrogens is 4. The number of carbonyl (C=O) groups excluding carboxylic acids is 1. The highest BCUT2D eigenvalue weighted by Crippen LogP contribution is 2.25. The lowest BCUT2D eigenvalue weighted by atomic mass is 9.92. The molecule has 6 nitrogen and oxygen atoms in total. The summed E-state index contributed by atoms with van der Waals surface area (Å²) in [7, 11) is 0. The van der Waals surface area contributed by atoms with Gasteiger partial charge in [0.25, 0.3) is 0 Å². The molecule has 2 aromatic heterocycles. The van der Waals surface area contributed by atoms with Crippen molar-refractivity contribution in [3.05, 3.63) is 24.5 Å². The van der Waals surface area contributed by atoms with Crippen LogP contribution < -0.4 is 0 Å². The average Bonchev–Trinajstić information content (AvgIpc) is 2.78. The summed E-state index contributed by atoms with van der Waals surface area (Å²) < 4.78 is 5.16. The second-order valence-electron chi connectivity index (χ2n) is 4.38. The van der Waals surface area contributed by atoms with Crippen LogP contribution in [0.3, 0.4) is 0 Å². The lowest BCUT2D eigenvalue weighted by molar-refractivity contribution is -0.119. The first kappa shape index (κ1) is 12.3. The molecule has 0 aliphatic carbocycles. The predicted octanol–water partition coefficient (Wildman–Crippen LogP) is 1.86. The Balaban J connectivity index is 2.33. The fourth-order valence-corrected chi connectivity index (χ4v) is 1.82. The average molecular weight is 246 g/mol. The Morgan fingerprint density at radius 1 is 1.39 bits per heavy atom. The van der Waals surface area contributed by atoms with Gasteiger partial charge in [0.2, 0.25) is 11.7 Å². The molecule has 0 spiro atoms. The SMILES string of the molecule is CC(=O)C(c1nc(-c2ccncn2)no1)C(C)C. The van der Waals surface area contributed by atoms with Gasteiger partial charge in [-0.2, -0.15) is 4.98 Å². The van der Waals surface area contributed by atoms with Crippen LogP contribution in [-0.2, 0) is 4.79 Å². The number of nitrogens with zero attached hydrogens (tertiary/aromatic N) is 4. The van der Waals surface area contributed by atoms with Crippen molar-refractivity contribution in [1.29, 1.82) is 0 Å². The molecule has 6 heteroatoms. The van der Waals surface area contributed by atoms with Crippen molar-refractivity contribution in [3.63, 3.8) is 0 Å². The molecule has 0 aliphatic heterocycles. The van der Waals surface area contributed by atoms with Crippen LogP contribution in [0.4, 0.5) is 0 Å². The molecule has 2 rings (SSSR count). The number of carbonyl (C=O) groups is 1. The van der Waals surface area contributed by atoms with Gasteiger partial charge < -0.3 is 4.52 Å². The van der Waals surface area contributed by atoms with Crippen LogP contribution in [0.5, 0.6) is 0 Å². The summed E-state index contributed by atoms with van der Waals surface area (Å²) in [6.07, 6.45) is 3.01. The molecule has 2 aromatic rings. The van der Waals surface area contributed by atoms with Crippen LogP contribution in [0, 0.1) is 5.92 Å². The van der Waals surface area contributed by atoms with Crippen molar-refractivity contribution in [2.75, 3.05) is 0 Å². The van der Waals surface area contributed by atoms with E-state index in [9.17, 15) is 4.79 Å². The standard InChI is InChI=1S/C12H14N4O2/c1-7(2)10(8(3)17)12-15-11(16-18-12)9-4-5-13-6-14-9/h4-7,10H,1-3H3. The maximum Gasteiger partial charge on any atom is 0.237 e. The normalized spacial score (nSPS) is 12.7. The van der Waals surface area contributed by atoms with Gasteiger partial charge in [0.1, 0.15) is 17.8 Å². The number of rotatable bonds is 4. The second kappa shape index (κ2) is 5.03. The third-order valence-electron chi connectivity index (χ3n) is 2.62. The van der Waals surface area contributed by atoms with E-state index >= 15 is 0 Å². The Bertz CT molecular complexity index is 536. The molecule has 0 radical (unpaired) electrons. The largest absolute Gasteiger partial charge is 0.338 e. The zero-order valence-corrected chi connectivity index (χ0v) is 10.5. The molecule has 0 bridgehead atoms. The molecule has 0 saturated carbocycles. The van der Waals surface area contributed by atoms with E-state index in [0.29, 0.717) is 17.4 Å². The number of hydrogen-bond acceptors (Lipinski definition) is 6. The molecule has 0 saturated heterocycles. The van der Waals surface area contributed by atoms with Crippen LogP contribution in [0.1, 0.15) is 32.6 Å². The van der Waals surface area contributed by atoms with Crippen molar-refractivity contribution >= 4 is 5.78 Å². The van der Waals surface area contributed by atoms with E-state index in [2.05, 4.69) is 20.1 Å². The smallest absolute Gasteiger partial charge is 0.237 e. The van der Waals surface area contributed by atoms with Gasteiger partial charge in [0.15, 0.2) is 0 Å². The Labute approximate surface area is 104 Å². The Kier molecular flexibility index (Phi) is 3.45. The van der Waals surface area contributed by atoms with E-state index in [1.165, 1.54) is 13.3 Å². The molecule has 0 amide bonds. The minimum atomic E-state index is -0.368. The summed E-state index contributed by atoms with van der Waals surface area (Å²) in [5, 5.41) is 3.84. The van der Waals surface area contributed by atoms with Crippen LogP contribution in [0.2, 0.25) is 0 Å². The van der Waals surface area contributed by atoms with Crippen molar-refractivity contribution in [2.24, 2.45) is 5.92 Å². The van der Waals surface area contributed by atoms with Crippen molar-refractivity contribution in [3.8, 4) is 11.5 Å². The van der Waals surface area contributed by atoms with Gasteiger partial charge in [-0.1, -0.05) is 19.0 Å². The fraction of sp³-hybridized carbons (Fsp3) is 0.417. The minimum Gasteiger partial charge on any atom is -0.338 e. The second-order valence-corrected chi connectivity index (χ2v) is 4.38. The summed E-state index contributed by atoms with van der Waals surface area (Å²) >= 11 is 0. The molecule has 2 heterocycles. The van der Waals surface area contributed by atoms with Crippen molar-refractivity contribution in [1.82, 2.24) is 20.1 Å². The van der Waals surface area contributed by atoms with E-state index < -0.39 is 0 Å². The first-order valence-corrected chi connectivity index (χ1v) is 5.70. The Hall–Kier alpha value is -2.11. The third-order valence-corrected chi connectivity index (χ3v) is 2.62. The molecule has 0 aromatic carbocycles. The fourth-order valence-electron chi connectivity index (χ4n) is 1.82. The van der Waals surface area contributed by atoms with E-state index in [0.717, 1.165) is 0 Å². The van der Waals surface area contributed by atoms with E-state index in [1.807, 2.05) is 13.8 Å². The quantitative estimate of drug-likeness (QED) is 0.818. The summed E-state index contributed by atoms with van der Waals surface area (Å²) in [5.74, 6) is 0.475. The molecule has 1 unspecified atom stereocenters. The zero-order valence-electron chi connectivity index (χ0n) is 10.5. The monoisotopic (exact) mass is 246 g/mol. The maximum atomic E-state index is 11.6. The topological polar surface area (TPSA) is 81.8 Å². The van der Waals surface area contributed by atoms with Gasteiger partial charge in [0, 0.05) is 6.20 Å². The Morgan fingerprint density at radius 2 is 2.17 bits per heavy atom. The first-order chi connectivity index (χ1) is 8.59. The molecule has 0 N–H and O–H groups in total. The van der Waals surface area contributed by atoms with Crippen LogP contribution >= 0.6 is 0 Å². The van der Waals surface area contributed by atoms with Gasteiger partial charge in [0.05, 0.1) is 5.92 Å². The third kappa shape index (κ3) is 2.42. The lowest BCUT2D eigenvalue weighted by Gasteiger charge is -2.12. The summed E-state index contributed by atoms with van der Waals surface area (Å²) in [5.41, 5.74) is 0.575. The highest BCUT2D eigenvalue weighted by atomic mass is 16.5. The molecular weight excluding hydrogens is 232 g/mol. The highest BCUT2D eigenvalue weighted by Gasteiger charge is 2.27. The highest BCUT2D eigenvalue weighted by molar-refractivity contribution is 5.82. The zero-order chi connectivity index (χ0) is 13.1. The summed E-state index contributed by atoms with van der Waals surface area (Å²) in [6, 6.07) is 1.69. The summed E-state index contributed by atoms with van der Waals surface area (Å²) in [6.45, 7) is 5.42. The van der Waals surface area contributed by atoms with Gasteiger partial charge in [-0.15, -0.1) is 0 Å². The van der Waals surface area contributed by atoms with E-state index in [1.54, 1.807) is 12.3 Å². The van der Waals surface area contributed by atoms with Crippen LogP contribution in [0.15, 0.2) is 23.1 Å². The number of hydrogen-bond donors (Lipinski definition) is 0. The molecule has 94 valence electrons. The van der Waals surface area contributed by atoms with Gasteiger partial charge >= 0.3 is 0 Å². The molecular formula is C12H14N4O2. The molecule has 1 atom stereocenters. The van der Waals surface area contributed by atoms with Crippen LogP contribution in [0.25, 0.3) is 11.5 Å². The molecule has 0 aliphatic rings. The van der Waals surface area contributed by atoms with Gasteiger partial charge in [-0.05, 0) is 18.9 Å². The van der Waals surface area contributed by atoms with E-state index in [-0.39, 0.29) is 17.6 Å². The number of ketones is 1. The van der Waals surface area contributed by atoms with Crippen molar-refractivity contribution < 1.29 is 9.32 Å². The lowest BCUT2D eigenvalue weighted by Crippen LogP contribution is -2.15. The minimum absolute atomic E-state index is 0.0166. The molecule has 0 fully saturated rings. The first-order valence-electron chi connectivity index (χ1n) is 5.70. The van der Waals surface area contributed by atoms with Crippen LogP contribution in [-0.4, -0.2) is 25.9 Å². The van der Waals surface area contributed by atoms with Crippen molar-refractivity contribution in [2.45, 2.75) is 26.7 Å². The van der Waals surface area contributed by atoms with Gasteiger partial charge in [-0.3, -0.25) is 4.79 Å². The predicted molar refractivity (Wildman–Crippen MR) is 63.6 cm³/mol. The maximum absolute atomic E-state index is 11.6.